The molecular weight excluding hydrogens is 516 g/mol. The normalized spacial score (nSPS) is 24.8. The molecule has 12 heteroatoms. The Morgan fingerprint density at radius 1 is 1.34 bits per heavy atom. The van der Waals surface area contributed by atoms with E-state index in [2.05, 4.69) is 20.3 Å². The van der Waals surface area contributed by atoms with E-state index in [4.69, 9.17) is 19.6 Å². The molecule has 38 heavy (non-hydrogen) atoms. The predicted molar refractivity (Wildman–Crippen MR) is 138 cm³/mol. The highest BCUT2D eigenvalue weighted by molar-refractivity contribution is 8.15. The molecule has 1 saturated carbocycles. The van der Waals surface area contributed by atoms with E-state index in [0.29, 0.717) is 30.2 Å². The number of anilines is 1. The van der Waals surface area contributed by atoms with Crippen LogP contribution in [-0.2, 0) is 10.3 Å². The Hall–Kier alpha value is -3.51. The quantitative estimate of drug-likeness (QED) is 0.418. The van der Waals surface area contributed by atoms with Crippen LogP contribution in [0.25, 0.3) is 0 Å². The fraction of sp³-hybridized carbons (Fsp3) is 0.385. The predicted octanol–water partition coefficient (Wildman–Crippen LogP) is 4.73. The molecule has 0 saturated heterocycles. The highest BCUT2D eigenvalue weighted by atomic mass is 32.2. The molecule has 1 fully saturated rings. The van der Waals surface area contributed by atoms with Gasteiger partial charge in [-0.15, -0.1) is 0 Å². The van der Waals surface area contributed by atoms with Gasteiger partial charge in [-0.05, 0) is 44.9 Å². The average molecular weight is 544 g/mol. The molecule has 3 N–H and O–H groups in total. The minimum absolute atomic E-state index is 0.0213. The molecule has 200 valence electrons. The minimum atomic E-state index is -1.12. The summed E-state index contributed by atoms with van der Waals surface area (Å²) in [4.78, 5) is 25.9. The number of fused-ring (bicyclic) bond motifs is 1. The molecule has 5 rings (SSSR count). The van der Waals surface area contributed by atoms with E-state index < -0.39 is 29.2 Å². The van der Waals surface area contributed by atoms with E-state index in [9.17, 15) is 9.18 Å². The van der Waals surface area contributed by atoms with Crippen molar-refractivity contribution in [2.75, 3.05) is 19.0 Å². The van der Waals surface area contributed by atoms with Gasteiger partial charge in [-0.2, -0.15) is 0 Å². The van der Waals surface area contributed by atoms with Crippen molar-refractivity contribution < 1.29 is 27.5 Å². The van der Waals surface area contributed by atoms with Crippen LogP contribution in [0, 0.1) is 24.5 Å². The number of rotatable bonds is 8. The summed E-state index contributed by atoms with van der Waals surface area (Å²) in [7, 11) is 1.59. The zero-order valence-electron chi connectivity index (χ0n) is 21.2. The van der Waals surface area contributed by atoms with Gasteiger partial charge >= 0.3 is 0 Å². The lowest BCUT2D eigenvalue weighted by atomic mass is 9.85. The number of amidine groups is 1. The fourth-order valence-electron chi connectivity index (χ4n) is 5.09. The van der Waals surface area contributed by atoms with E-state index in [1.165, 1.54) is 36.5 Å². The van der Waals surface area contributed by atoms with Gasteiger partial charge in [0.05, 0.1) is 29.3 Å². The van der Waals surface area contributed by atoms with Crippen molar-refractivity contribution in [3.05, 3.63) is 71.2 Å². The number of aromatic nitrogens is 2. The fourth-order valence-corrected chi connectivity index (χ4v) is 6.54. The molecule has 1 aliphatic carbocycles. The number of ether oxygens (including phenoxy) is 2. The molecule has 1 aromatic carbocycles. The molecule has 2 aliphatic rings. The molecule has 4 atom stereocenters. The number of benzene rings is 1. The van der Waals surface area contributed by atoms with E-state index in [1.54, 1.807) is 33.9 Å². The summed E-state index contributed by atoms with van der Waals surface area (Å²) in [5, 5.41) is 2.92. The number of aliphatic imine (C=N–C) groups is 1. The topological polar surface area (TPSA) is 125 Å². The zero-order chi connectivity index (χ0) is 27.2. The average Bonchev–Trinajstić information content (AvgIpc) is 3.31. The third-order valence-electron chi connectivity index (χ3n) is 6.95. The molecule has 3 heterocycles. The Morgan fingerprint density at radius 2 is 2.13 bits per heavy atom. The number of nitrogens with zero attached hydrogens (tertiary/aromatic N) is 3. The zero-order valence-corrected chi connectivity index (χ0v) is 22.1. The van der Waals surface area contributed by atoms with E-state index in [0.717, 1.165) is 6.07 Å². The second-order valence-corrected chi connectivity index (χ2v) is 11.1. The van der Waals surface area contributed by atoms with Gasteiger partial charge in [-0.1, -0.05) is 11.8 Å². The Balaban J connectivity index is 1.38. The maximum atomic E-state index is 15.1. The standard InChI is InChI=1S/C26H27F2N5O4S/c1-13-7-16(37-14(2)23-30-5-6-36-23)11-31-21(13)22(34)32-15-8-17(20(28)18(27)9-15)25(3)19-10-26(19,12-35-4)38-24(29)33-25/h5-9,11,14,19H,10,12H2,1-4H3,(H2,29,33)(H,32,34)/t14-,19-,25+,26+/m0/s1. The Bertz CT molecular complexity index is 1420. The molecule has 1 amide bonds. The van der Waals surface area contributed by atoms with Crippen LogP contribution in [0.4, 0.5) is 14.5 Å². The van der Waals surface area contributed by atoms with Gasteiger partial charge in [0, 0.05) is 30.3 Å². The summed E-state index contributed by atoms with van der Waals surface area (Å²) in [6.07, 6.45) is 4.60. The first-order valence-corrected chi connectivity index (χ1v) is 12.7. The molecular formula is C26H27F2N5O4S. The number of nitrogens with one attached hydrogen (secondary N) is 1. The van der Waals surface area contributed by atoms with E-state index >= 15 is 4.39 Å². The highest BCUT2D eigenvalue weighted by Gasteiger charge is 2.66. The number of oxazole rings is 1. The van der Waals surface area contributed by atoms with Crippen LogP contribution in [0.3, 0.4) is 0 Å². The van der Waals surface area contributed by atoms with Gasteiger partial charge in [0.1, 0.15) is 17.7 Å². The third kappa shape index (κ3) is 4.62. The lowest BCUT2D eigenvalue weighted by Gasteiger charge is -2.34. The second kappa shape index (κ2) is 9.66. The SMILES string of the molecule is COC[C@]12C[C@H]1[C@@](C)(c1cc(NC(=O)c3ncc(O[C@@H](C)c4ncco4)cc3C)cc(F)c1F)N=C(N)S2. The van der Waals surface area contributed by atoms with Crippen LogP contribution in [0.1, 0.15) is 53.9 Å². The highest BCUT2D eigenvalue weighted by Crippen LogP contribution is 2.66. The van der Waals surface area contributed by atoms with Crippen LogP contribution in [-0.4, -0.2) is 39.5 Å². The van der Waals surface area contributed by atoms with Crippen molar-refractivity contribution in [3.8, 4) is 5.75 Å². The monoisotopic (exact) mass is 543 g/mol. The molecule has 9 nitrogen and oxygen atoms in total. The number of carbonyl (C=O) groups is 1. The van der Waals surface area contributed by atoms with Crippen LogP contribution >= 0.6 is 11.8 Å². The van der Waals surface area contributed by atoms with Gasteiger partial charge < -0.3 is 24.9 Å². The smallest absolute Gasteiger partial charge is 0.274 e. The summed E-state index contributed by atoms with van der Waals surface area (Å²) in [6.45, 7) is 5.61. The van der Waals surface area contributed by atoms with E-state index in [1.807, 2.05) is 0 Å². The maximum absolute atomic E-state index is 15.1. The summed E-state index contributed by atoms with van der Waals surface area (Å²) in [6, 6.07) is 3.99. The number of nitrogens with two attached hydrogens (primary N) is 1. The number of halogens is 2. The van der Waals surface area contributed by atoms with Gasteiger partial charge in [-0.25, -0.2) is 18.7 Å². The number of hydrogen-bond donors (Lipinski definition) is 2. The number of hydrogen-bond acceptors (Lipinski definition) is 9. The van der Waals surface area contributed by atoms with Gasteiger partial charge in [0.25, 0.3) is 5.91 Å². The number of methoxy groups -OCH3 is 1. The van der Waals surface area contributed by atoms with Crippen LogP contribution < -0.4 is 15.8 Å². The minimum Gasteiger partial charge on any atom is -0.479 e. The number of pyridine rings is 1. The first-order valence-electron chi connectivity index (χ1n) is 11.9. The summed E-state index contributed by atoms with van der Waals surface area (Å²) < 4.78 is 46.0. The summed E-state index contributed by atoms with van der Waals surface area (Å²) >= 11 is 1.40. The van der Waals surface area contributed by atoms with Gasteiger partial charge in [-0.3, -0.25) is 9.79 Å². The van der Waals surface area contributed by atoms with Crippen LogP contribution in [0.5, 0.6) is 5.75 Å². The molecule has 3 aromatic rings. The Labute approximate surface area is 222 Å². The maximum Gasteiger partial charge on any atom is 0.274 e. The van der Waals surface area contributed by atoms with Crippen LogP contribution in [0.2, 0.25) is 0 Å². The van der Waals surface area contributed by atoms with Crippen molar-refractivity contribution in [3.63, 3.8) is 0 Å². The number of carbonyl (C=O) groups excluding carboxylic acids is 1. The van der Waals surface area contributed by atoms with E-state index in [-0.39, 0.29) is 32.8 Å². The molecule has 0 unspecified atom stereocenters. The molecule has 0 spiro atoms. The van der Waals surface area contributed by atoms with Crippen molar-refractivity contribution >= 4 is 28.5 Å². The van der Waals surface area contributed by atoms with Crippen molar-refractivity contribution in [2.45, 2.75) is 43.6 Å². The molecule has 2 aromatic heterocycles. The first-order chi connectivity index (χ1) is 18.1. The van der Waals surface area contributed by atoms with Crippen molar-refractivity contribution in [1.29, 1.82) is 0 Å². The lowest BCUT2D eigenvalue weighted by molar-refractivity contribution is 0.102. The van der Waals surface area contributed by atoms with Crippen molar-refractivity contribution in [1.82, 2.24) is 9.97 Å². The van der Waals surface area contributed by atoms with Crippen molar-refractivity contribution in [2.24, 2.45) is 16.6 Å². The number of thioether (sulfide) groups is 1. The Kier molecular flexibility index (Phi) is 6.64. The molecule has 0 radical (unpaired) electrons. The molecule has 1 aliphatic heterocycles. The second-order valence-electron chi connectivity index (χ2n) is 9.69. The van der Waals surface area contributed by atoms with Gasteiger partial charge in [0.15, 0.2) is 22.9 Å². The lowest BCUT2D eigenvalue weighted by Crippen LogP contribution is -2.38. The number of amides is 1. The number of aryl methyl sites for hydroxylation is 1. The Morgan fingerprint density at radius 3 is 2.82 bits per heavy atom. The largest absolute Gasteiger partial charge is 0.479 e. The first kappa shape index (κ1) is 26.1. The third-order valence-corrected chi connectivity index (χ3v) is 8.23. The summed E-state index contributed by atoms with van der Waals surface area (Å²) in [5.74, 6) is -1.99. The summed E-state index contributed by atoms with van der Waals surface area (Å²) in [5.41, 5.74) is 5.71. The van der Waals surface area contributed by atoms with Gasteiger partial charge in [0.2, 0.25) is 5.89 Å². The van der Waals surface area contributed by atoms with Crippen LogP contribution in [0.15, 0.2) is 46.3 Å². The molecule has 0 bridgehead atoms.